The van der Waals surface area contributed by atoms with Crippen molar-refractivity contribution in [1.82, 2.24) is 0 Å². The summed E-state index contributed by atoms with van der Waals surface area (Å²) in [6.45, 7) is 42.8. The fourth-order valence-corrected chi connectivity index (χ4v) is 40.4. The number of hydrogen-bond acceptors (Lipinski definition) is 9. The summed E-state index contributed by atoms with van der Waals surface area (Å²) in [4.78, 5) is 0. The van der Waals surface area contributed by atoms with Gasteiger partial charge in [0.2, 0.25) is 0 Å². The average Bonchev–Trinajstić information content (AvgIpc) is 2.57. The Hall–Kier alpha value is 1.81. The van der Waals surface area contributed by atoms with Gasteiger partial charge in [0.15, 0.2) is 33.3 Å². The maximum Gasteiger partial charge on any atom is 0.479 e. The molecule has 0 heterocycles. The van der Waals surface area contributed by atoms with Crippen LogP contribution in [-0.4, -0.2) is 98.5 Å². The first kappa shape index (κ1) is 42.8. The first-order chi connectivity index (χ1) is 17.8. The van der Waals surface area contributed by atoms with Crippen LogP contribution < -0.4 is 0 Å². The van der Waals surface area contributed by atoms with Crippen LogP contribution in [0.4, 0.5) is 0 Å². The lowest BCUT2D eigenvalue weighted by Crippen LogP contribution is -2.69. The van der Waals surface area contributed by atoms with Crippen LogP contribution in [-0.2, 0) is 37.7 Å². The Kier molecular flexibility index (Phi) is 16.3. The van der Waals surface area contributed by atoms with Gasteiger partial charge < -0.3 is 37.7 Å². The topological polar surface area (TPSA) is 83.1 Å². The minimum atomic E-state index is -3.64. The molecule has 0 radical (unpaired) electrons. The SMILES string of the molecule is C[SiH](C)CO[Si](C)(O[Si](C)(C)C)O[Si](C)(O[Si](C)(OC[SiH](C)C)O[Si](C)(C)C)O[Si](C)(O[Si](C)(C)C)O[Si](C)(C)C. The maximum absolute atomic E-state index is 7.07. The standard InChI is InChI=1S/C22H66O9Si10/c1-32(2)21-23-38(17,25-34(5,6)7)29-41(20,30-39(18,24-22-33(3)4)26-35(8,9)10)31-40(19,27-36(11,12)13)28-37(14,15)16/h32-33H,21-22H2,1-20H3. The highest BCUT2D eigenvalue weighted by molar-refractivity contribution is 6.92. The molecule has 0 bridgehead atoms. The quantitative estimate of drug-likeness (QED) is 0.125. The van der Waals surface area contributed by atoms with Gasteiger partial charge in [0.1, 0.15) is 0 Å². The number of rotatable bonds is 20. The van der Waals surface area contributed by atoms with E-state index in [4.69, 9.17) is 37.7 Å². The monoisotopic (exact) mass is 754 g/mol. The zero-order valence-corrected chi connectivity index (χ0v) is 40.6. The normalized spacial score (nSPS) is 18.9. The summed E-state index contributed by atoms with van der Waals surface area (Å²) in [5.41, 5.74) is 0. The highest BCUT2D eigenvalue weighted by Gasteiger charge is 2.60. The summed E-state index contributed by atoms with van der Waals surface area (Å²) in [5.74, 6) is 0. The van der Waals surface area contributed by atoms with Gasteiger partial charge in [0.25, 0.3) is 0 Å². The van der Waals surface area contributed by atoms with Crippen molar-refractivity contribution in [2.75, 3.05) is 12.5 Å². The molecule has 19 heteroatoms. The van der Waals surface area contributed by atoms with Gasteiger partial charge in [0.05, 0.1) is 17.6 Å². The second kappa shape index (κ2) is 15.6. The van der Waals surface area contributed by atoms with E-state index in [1.54, 1.807) is 0 Å². The summed E-state index contributed by atoms with van der Waals surface area (Å²) in [7, 11) is -23.8. The summed E-state index contributed by atoms with van der Waals surface area (Å²) in [6, 6.07) is 0. The maximum atomic E-state index is 7.07. The highest BCUT2D eigenvalue weighted by Crippen LogP contribution is 2.33. The molecule has 248 valence electrons. The van der Waals surface area contributed by atoms with Gasteiger partial charge in [-0.1, -0.05) is 26.2 Å². The van der Waals surface area contributed by atoms with Crippen LogP contribution in [0, 0.1) is 0 Å². The predicted octanol–water partition coefficient (Wildman–Crippen LogP) is 6.80. The molecule has 0 aliphatic rings. The van der Waals surface area contributed by atoms with E-state index >= 15 is 0 Å². The molecule has 2 atom stereocenters. The van der Waals surface area contributed by atoms with Crippen molar-refractivity contribution >= 4 is 86.1 Å². The van der Waals surface area contributed by atoms with E-state index in [9.17, 15) is 0 Å². The molecule has 9 nitrogen and oxygen atoms in total. The van der Waals surface area contributed by atoms with Gasteiger partial charge in [-0.3, -0.25) is 0 Å². The third-order valence-corrected chi connectivity index (χ3v) is 32.8. The third kappa shape index (κ3) is 21.3. The van der Waals surface area contributed by atoms with E-state index in [1.807, 2.05) is 26.2 Å². The molecule has 0 aromatic heterocycles. The van der Waals surface area contributed by atoms with Gasteiger partial charge in [-0.25, -0.2) is 0 Å². The van der Waals surface area contributed by atoms with Gasteiger partial charge in [-0.15, -0.1) is 0 Å². The smallest absolute Gasteiger partial charge is 0.417 e. The minimum absolute atomic E-state index is 0.652. The number of hydrogen-bond donors (Lipinski definition) is 0. The Labute approximate surface area is 265 Å². The van der Waals surface area contributed by atoms with E-state index < -0.39 is 86.1 Å². The van der Waals surface area contributed by atoms with Crippen LogP contribution in [0.25, 0.3) is 0 Å². The fraction of sp³-hybridized carbons (Fsp3) is 1.00. The first-order valence-corrected chi connectivity index (χ1v) is 43.8. The van der Waals surface area contributed by atoms with Crippen LogP contribution >= 0.6 is 0 Å². The molecule has 0 spiro atoms. The summed E-state index contributed by atoms with van der Waals surface area (Å²) in [5, 5.41) is 0. The zero-order valence-electron chi connectivity index (χ0n) is 30.2. The van der Waals surface area contributed by atoms with Crippen molar-refractivity contribution in [2.45, 2.75) is 131 Å². The molecule has 0 aliphatic heterocycles. The lowest BCUT2D eigenvalue weighted by Gasteiger charge is -2.46. The molecule has 41 heavy (non-hydrogen) atoms. The van der Waals surface area contributed by atoms with Gasteiger partial charge in [0, 0.05) is 38.6 Å². The molecule has 0 saturated carbocycles. The van der Waals surface area contributed by atoms with E-state index in [-0.39, 0.29) is 0 Å². The molecular weight excluding hydrogens is 689 g/mol. The van der Waals surface area contributed by atoms with Crippen molar-refractivity contribution < 1.29 is 37.7 Å². The Balaban J connectivity index is 7.04. The second-order valence-corrected chi connectivity index (χ2v) is 52.4. The van der Waals surface area contributed by atoms with Crippen molar-refractivity contribution in [3.05, 3.63) is 0 Å². The fourth-order valence-electron chi connectivity index (χ4n) is 4.16. The summed E-state index contributed by atoms with van der Waals surface area (Å²) >= 11 is 0. The van der Waals surface area contributed by atoms with Crippen molar-refractivity contribution in [2.24, 2.45) is 0 Å². The summed E-state index contributed by atoms with van der Waals surface area (Å²) in [6.07, 6.45) is 1.30. The first-order valence-electron chi connectivity index (χ1n) is 15.0. The molecule has 0 saturated heterocycles. The predicted molar refractivity (Wildman–Crippen MR) is 197 cm³/mol. The van der Waals surface area contributed by atoms with Crippen LogP contribution in [0.1, 0.15) is 0 Å². The van der Waals surface area contributed by atoms with Crippen molar-refractivity contribution in [3.8, 4) is 0 Å². The zero-order chi connectivity index (χ0) is 32.9. The van der Waals surface area contributed by atoms with Gasteiger partial charge in [-0.2, -0.15) is 0 Å². The molecule has 0 aromatic rings. The van der Waals surface area contributed by atoms with E-state index in [0.29, 0.717) is 12.5 Å². The van der Waals surface area contributed by atoms with Crippen LogP contribution in [0.15, 0.2) is 0 Å². The lowest BCUT2D eigenvalue weighted by atomic mass is 11.7. The van der Waals surface area contributed by atoms with Crippen LogP contribution in [0.3, 0.4) is 0 Å². The van der Waals surface area contributed by atoms with Crippen molar-refractivity contribution in [3.63, 3.8) is 0 Å². The Morgan fingerprint density at radius 2 is 0.512 bits per heavy atom. The Morgan fingerprint density at radius 3 is 0.732 bits per heavy atom. The molecule has 2 unspecified atom stereocenters. The van der Waals surface area contributed by atoms with Crippen LogP contribution in [0.5, 0.6) is 0 Å². The van der Waals surface area contributed by atoms with E-state index in [2.05, 4.69) is 105 Å². The van der Waals surface area contributed by atoms with Gasteiger partial charge >= 0.3 is 35.2 Å². The van der Waals surface area contributed by atoms with Gasteiger partial charge in [-0.05, 0) is 78.6 Å². The molecule has 0 fully saturated rings. The molecule has 0 amide bonds. The highest BCUT2D eigenvalue weighted by atomic mass is 28.6. The largest absolute Gasteiger partial charge is 0.479 e. The molecular formula is C22H66O9Si10. The Morgan fingerprint density at radius 1 is 0.317 bits per heavy atom. The second-order valence-electron chi connectivity index (χ2n) is 16.0. The van der Waals surface area contributed by atoms with Crippen molar-refractivity contribution in [1.29, 1.82) is 0 Å². The molecule has 0 aliphatic carbocycles. The van der Waals surface area contributed by atoms with E-state index in [1.165, 1.54) is 0 Å². The molecule has 0 rings (SSSR count). The summed E-state index contributed by atoms with van der Waals surface area (Å²) < 4.78 is 61.3. The Bertz CT molecular complexity index is 741. The lowest BCUT2D eigenvalue weighted by molar-refractivity contribution is 0.0990. The molecule has 0 N–H and O–H groups in total. The average molecular weight is 756 g/mol. The van der Waals surface area contributed by atoms with E-state index in [0.717, 1.165) is 0 Å². The van der Waals surface area contributed by atoms with Crippen LogP contribution in [0.2, 0.25) is 131 Å². The molecule has 0 aromatic carbocycles. The third-order valence-electron chi connectivity index (χ3n) is 4.44. The minimum Gasteiger partial charge on any atom is -0.417 e.